The van der Waals surface area contributed by atoms with Gasteiger partial charge in [0.25, 0.3) is 0 Å². The Labute approximate surface area is 218 Å². The van der Waals surface area contributed by atoms with Crippen LogP contribution in [0.25, 0.3) is 27.8 Å². The molecule has 2 aliphatic carbocycles. The van der Waals surface area contributed by atoms with Gasteiger partial charge < -0.3 is 0 Å². The minimum absolute atomic E-state index is 0.204. The summed E-state index contributed by atoms with van der Waals surface area (Å²) in [7, 11) is 0. The van der Waals surface area contributed by atoms with Gasteiger partial charge >= 0.3 is 0 Å². The summed E-state index contributed by atoms with van der Waals surface area (Å²) in [5.74, 6) is 0.487. The highest BCUT2D eigenvalue weighted by Gasteiger charge is 2.29. The Morgan fingerprint density at radius 1 is 0.730 bits per heavy atom. The first-order chi connectivity index (χ1) is 18.0. The zero-order chi connectivity index (χ0) is 25.8. The molecule has 0 saturated heterocycles. The molecule has 3 aromatic carbocycles. The van der Waals surface area contributed by atoms with Crippen LogP contribution in [0.5, 0.6) is 0 Å². The van der Waals surface area contributed by atoms with Crippen LogP contribution in [0.2, 0.25) is 0 Å². The van der Waals surface area contributed by atoms with Gasteiger partial charge in [0.1, 0.15) is 5.82 Å². The van der Waals surface area contributed by atoms with Crippen molar-refractivity contribution in [1.82, 2.24) is 0 Å². The van der Waals surface area contributed by atoms with Crippen molar-refractivity contribution in [3.05, 3.63) is 102 Å². The van der Waals surface area contributed by atoms with Crippen molar-refractivity contribution in [3.8, 4) is 22.3 Å². The first kappa shape index (κ1) is 25.6. The molecule has 0 radical (unpaired) electrons. The molecule has 0 heterocycles. The van der Waals surface area contributed by atoms with Crippen molar-refractivity contribution < 1.29 is 13.2 Å². The molecule has 0 nitrogen and oxygen atoms in total. The molecular formula is C34H35F3. The minimum atomic E-state index is -0.866. The van der Waals surface area contributed by atoms with Crippen molar-refractivity contribution in [1.29, 1.82) is 0 Å². The third kappa shape index (κ3) is 5.76. The number of allylic oxidation sites excluding steroid dienone is 3. The molecule has 1 fully saturated rings. The van der Waals surface area contributed by atoms with Gasteiger partial charge in [0.05, 0.1) is 0 Å². The van der Waals surface area contributed by atoms with Crippen LogP contribution >= 0.6 is 0 Å². The van der Waals surface area contributed by atoms with Crippen LogP contribution in [0.4, 0.5) is 13.2 Å². The molecule has 0 N–H and O–H groups in total. The van der Waals surface area contributed by atoms with E-state index in [1.54, 1.807) is 24.3 Å². The number of rotatable bonds is 7. The van der Waals surface area contributed by atoms with E-state index in [0.29, 0.717) is 11.1 Å². The van der Waals surface area contributed by atoms with Crippen molar-refractivity contribution in [2.45, 2.75) is 57.8 Å². The van der Waals surface area contributed by atoms with Gasteiger partial charge in [-0.2, -0.15) is 0 Å². The van der Waals surface area contributed by atoms with Gasteiger partial charge in [-0.15, -0.1) is 6.58 Å². The fourth-order valence-corrected chi connectivity index (χ4v) is 6.35. The highest BCUT2D eigenvalue weighted by Crippen LogP contribution is 2.42. The third-order valence-corrected chi connectivity index (χ3v) is 8.58. The van der Waals surface area contributed by atoms with Crippen molar-refractivity contribution in [2.75, 3.05) is 0 Å². The number of hydrogen-bond donors (Lipinski definition) is 0. The normalized spacial score (nSPS) is 21.9. The zero-order valence-electron chi connectivity index (χ0n) is 21.4. The molecule has 0 bridgehead atoms. The standard InChI is InChI=1S/C34H35F3/c1-2-3-5-23-8-10-24(11-9-23)25-12-16-27(17-13-25)30-21-20-29(22-33(30)36)26-14-18-28(19-15-26)31-6-4-7-32(35)34(31)37/h2,4,6-7,14-16,18-25H,1,3,5,8-13,17H2. The van der Waals surface area contributed by atoms with Gasteiger partial charge in [0, 0.05) is 11.1 Å². The van der Waals surface area contributed by atoms with Crippen LogP contribution in [0.3, 0.4) is 0 Å². The second kappa shape index (κ2) is 11.5. The Hall–Kier alpha value is -3.07. The average molecular weight is 501 g/mol. The lowest BCUT2D eigenvalue weighted by Gasteiger charge is -2.35. The fourth-order valence-electron chi connectivity index (χ4n) is 6.35. The second-order valence-electron chi connectivity index (χ2n) is 10.8. The summed E-state index contributed by atoms with van der Waals surface area (Å²) >= 11 is 0. The van der Waals surface area contributed by atoms with E-state index in [-0.39, 0.29) is 11.4 Å². The summed E-state index contributed by atoms with van der Waals surface area (Å²) in [6, 6.07) is 16.7. The molecule has 2 aliphatic rings. The largest absolute Gasteiger partial charge is 0.206 e. The van der Waals surface area contributed by atoms with Gasteiger partial charge in [-0.05, 0) is 97.1 Å². The molecule has 0 aromatic heterocycles. The van der Waals surface area contributed by atoms with Crippen LogP contribution in [0.15, 0.2) is 79.4 Å². The maximum Gasteiger partial charge on any atom is 0.166 e. The van der Waals surface area contributed by atoms with E-state index < -0.39 is 11.6 Å². The quantitative estimate of drug-likeness (QED) is 0.283. The molecule has 0 spiro atoms. The van der Waals surface area contributed by atoms with Crippen LogP contribution in [0.1, 0.15) is 63.4 Å². The Kier molecular flexibility index (Phi) is 7.98. The van der Waals surface area contributed by atoms with Crippen molar-refractivity contribution >= 4 is 5.57 Å². The summed E-state index contributed by atoms with van der Waals surface area (Å²) in [4.78, 5) is 0. The summed E-state index contributed by atoms with van der Waals surface area (Å²) in [5, 5.41) is 0. The summed E-state index contributed by atoms with van der Waals surface area (Å²) < 4.78 is 42.9. The highest BCUT2D eigenvalue weighted by atomic mass is 19.2. The SMILES string of the molecule is C=CCCC1CCC(C2CC=C(c3ccc(-c4ccc(-c5cccc(F)c5F)cc4)cc3F)CC2)CC1. The predicted octanol–water partition coefficient (Wildman–Crippen LogP) is 10.4. The summed E-state index contributed by atoms with van der Waals surface area (Å²) in [6.45, 7) is 3.86. The van der Waals surface area contributed by atoms with Crippen molar-refractivity contribution in [3.63, 3.8) is 0 Å². The first-order valence-electron chi connectivity index (χ1n) is 13.7. The van der Waals surface area contributed by atoms with Gasteiger partial charge in [0.15, 0.2) is 11.6 Å². The average Bonchev–Trinajstić information content (AvgIpc) is 2.94. The second-order valence-corrected chi connectivity index (χ2v) is 10.8. The van der Waals surface area contributed by atoms with Crippen LogP contribution in [0, 0.1) is 35.2 Å². The Balaban J connectivity index is 1.23. The topological polar surface area (TPSA) is 0 Å². The molecule has 0 amide bonds. The minimum Gasteiger partial charge on any atom is -0.206 e. The molecule has 37 heavy (non-hydrogen) atoms. The first-order valence-corrected chi connectivity index (χ1v) is 13.7. The van der Waals surface area contributed by atoms with Crippen LogP contribution in [-0.4, -0.2) is 0 Å². The van der Waals surface area contributed by atoms with Gasteiger partial charge in [0.2, 0.25) is 0 Å². The molecule has 5 rings (SSSR count). The molecule has 0 aliphatic heterocycles. The van der Waals surface area contributed by atoms with Crippen LogP contribution in [-0.2, 0) is 0 Å². The van der Waals surface area contributed by atoms with E-state index in [9.17, 15) is 8.78 Å². The monoisotopic (exact) mass is 500 g/mol. The smallest absolute Gasteiger partial charge is 0.166 e. The van der Waals surface area contributed by atoms with E-state index in [0.717, 1.165) is 66.2 Å². The van der Waals surface area contributed by atoms with E-state index in [1.807, 2.05) is 30.3 Å². The summed E-state index contributed by atoms with van der Waals surface area (Å²) in [5.41, 5.74) is 4.24. The van der Waals surface area contributed by atoms with E-state index >= 15 is 4.39 Å². The number of benzene rings is 3. The lowest BCUT2D eigenvalue weighted by molar-refractivity contribution is 0.190. The van der Waals surface area contributed by atoms with E-state index in [4.69, 9.17) is 0 Å². The predicted molar refractivity (Wildman–Crippen MR) is 147 cm³/mol. The third-order valence-electron chi connectivity index (χ3n) is 8.58. The van der Waals surface area contributed by atoms with Crippen molar-refractivity contribution in [2.24, 2.45) is 17.8 Å². The zero-order valence-corrected chi connectivity index (χ0v) is 21.4. The molecule has 1 atom stereocenters. The van der Waals surface area contributed by atoms with E-state index in [1.165, 1.54) is 38.2 Å². The van der Waals surface area contributed by atoms with Gasteiger partial charge in [-0.3, -0.25) is 0 Å². The van der Waals surface area contributed by atoms with E-state index in [2.05, 4.69) is 12.7 Å². The Morgan fingerprint density at radius 3 is 2.14 bits per heavy atom. The summed E-state index contributed by atoms with van der Waals surface area (Å²) in [6.07, 6.45) is 15.2. The van der Waals surface area contributed by atoms with Gasteiger partial charge in [-0.25, -0.2) is 13.2 Å². The number of hydrogen-bond acceptors (Lipinski definition) is 0. The molecule has 3 aromatic rings. The molecule has 1 saturated carbocycles. The van der Waals surface area contributed by atoms with Crippen LogP contribution < -0.4 is 0 Å². The molecule has 1 unspecified atom stereocenters. The lowest BCUT2D eigenvalue weighted by Crippen LogP contribution is -2.23. The maximum absolute atomic E-state index is 15.2. The lowest BCUT2D eigenvalue weighted by atomic mass is 9.70. The molecule has 192 valence electrons. The highest BCUT2D eigenvalue weighted by molar-refractivity contribution is 5.74. The number of halogens is 3. The fraction of sp³-hybridized carbons (Fsp3) is 0.353. The Morgan fingerprint density at radius 2 is 1.46 bits per heavy atom. The molecule has 3 heteroatoms. The molecular weight excluding hydrogens is 465 g/mol. The maximum atomic E-state index is 15.2. The Bertz CT molecular complexity index is 1260. The van der Waals surface area contributed by atoms with Gasteiger partial charge in [-0.1, -0.05) is 73.5 Å².